The van der Waals surface area contributed by atoms with E-state index >= 15 is 0 Å². The third-order valence-electron chi connectivity index (χ3n) is 3.85. The lowest BCUT2D eigenvalue weighted by atomic mass is 10.1. The zero-order chi connectivity index (χ0) is 19.3. The van der Waals surface area contributed by atoms with Crippen LogP contribution in [0.15, 0.2) is 47.4 Å². The van der Waals surface area contributed by atoms with Crippen LogP contribution in [0.4, 0.5) is 10.1 Å². The van der Waals surface area contributed by atoms with Crippen molar-refractivity contribution in [3.8, 4) is 0 Å². The molecule has 4 N–H and O–H groups in total. The van der Waals surface area contributed by atoms with Crippen molar-refractivity contribution in [2.75, 3.05) is 17.8 Å². The number of hydrogen-bond donors (Lipinski definition) is 3. The second-order valence-corrected chi connectivity index (χ2v) is 7.83. The number of sulfonamides is 1. The van der Waals surface area contributed by atoms with E-state index in [-0.39, 0.29) is 34.7 Å². The number of rotatable bonds is 7. The summed E-state index contributed by atoms with van der Waals surface area (Å²) in [6, 6.07) is 9.61. The van der Waals surface area contributed by atoms with Gasteiger partial charge in [0.05, 0.1) is 4.90 Å². The molecule has 1 atom stereocenters. The van der Waals surface area contributed by atoms with E-state index in [4.69, 9.17) is 5.73 Å². The number of nitrogens with two attached hydrogens (primary N) is 1. The average Bonchev–Trinajstić information content (AvgIpc) is 2.61. The van der Waals surface area contributed by atoms with Gasteiger partial charge in [-0.05, 0) is 67.4 Å². The first-order valence-electron chi connectivity index (χ1n) is 8.10. The SMILES string of the molecule is Cc1cc(S(=O)(=O)Nc2ccc(C(=O)NCC(C)CN)cc2)ccc1F.Cl. The maximum absolute atomic E-state index is 13.3. The molecule has 9 heteroatoms. The maximum atomic E-state index is 13.3. The first kappa shape index (κ1) is 22.9. The van der Waals surface area contributed by atoms with E-state index in [1.54, 1.807) is 0 Å². The standard InChI is InChI=1S/C18H22FN3O3S.ClH/c1-12(10-20)11-21-18(23)14-3-5-15(6-4-14)22-26(24,25)16-7-8-17(19)13(2)9-16;/h3-9,12,22H,10-11,20H2,1-2H3,(H,21,23);1H. The Balaban J connectivity index is 0.00000364. The highest BCUT2D eigenvalue weighted by Crippen LogP contribution is 2.19. The Morgan fingerprint density at radius 1 is 1.19 bits per heavy atom. The van der Waals surface area contributed by atoms with Crippen molar-refractivity contribution in [3.05, 3.63) is 59.4 Å². The number of carbonyl (C=O) groups excluding carboxylic acids is 1. The van der Waals surface area contributed by atoms with Gasteiger partial charge in [-0.1, -0.05) is 6.92 Å². The molecule has 0 saturated heterocycles. The van der Waals surface area contributed by atoms with Gasteiger partial charge in [-0.2, -0.15) is 0 Å². The molecule has 0 saturated carbocycles. The van der Waals surface area contributed by atoms with E-state index in [0.29, 0.717) is 24.3 Å². The van der Waals surface area contributed by atoms with E-state index in [0.717, 1.165) is 6.07 Å². The molecule has 2 rings (SSSR count). The van der Waals surface area contributed by atoms with Crippen LogP contribution in [-0.2, 0) is 10.0 Å². The highest BCUT2D eigenvalue weighted by molar-refractivity contribution is 7.92. The summed E-state index contributed by atoms with van der Waals surface area (Å²) in [6.45, 7) is 4.36. The van der Waals surface area contributed by atoms with Crippen molar-refractivity contribution in [1.82, 2.24) is 5.32 Å². The molecule has 2 aromatic rings. The predicted molar refractivity (Wildman–Crippen MR) is 106 cm³/mol. The number of carbonyl (C=O) groups is 1. The van der Waals surface area contributed by atoms with Gasteiger partial charge in [0.15, 0.2) is 0 Å². The lowest BCUT2D eigenvalue weighted by Gasteiger charge is -2.11. The van der Waals surface area contributed by atoms with Crippen LogP contribution in [0, 0.1) is 18.7 Å². The topological polar surface area (TPSA) is 101 Å². The number of nitrogens with one attached hydrogen (secondary N) is 2. The molecule has 0 radical (unpaired) electrons. The largest absolute Gasteiger partial charge is 0.352 e. The Hall–Kier alpha value is -2.16. The zero-order valence-corrected chi connectivity index (χ0v) is 16.7. The Kier molecular flexibility index (Phi) is 8.20. The summed E-state index contributed by atoms with van der Waals surface area (Å²) in [6.07, 6.45) is 0. The van der Waals surface area contributed by atoms with Gasteiger partial charge in [0.1, 0.15) is 5.82 Å². The minimum absolute atomic E-state index is 0. The minimum atomic E-state index is -3.84. The number of halogens is 2. The predicted octanol–water partition coefficient (Wildman–Crippen LogP) is 2.68. The van der Waals surface area contributed by atoms with E-state index in [2.05, 4.69) is 10.0 Å². The summed E-state index contributed by atoms with van der Waals surface area (Å²) < 4.78 is 40.5. The van der Waals surface area contributed by atoms with Crippen molar-refractivity contribution >= 4 is 34.0 Å². The van der Waals surface area contributed by atoms with E-state index in [1.165, 1.54) is 43.3 Å². The van der Waals surface area contributed by atoms with Crippen LogP contribution >= 0.6 is 12.4 Å². The lowest BCUT2D eigenvalue weighted by molar-refractivity contribution is 0.0948. The Labute approximate surface area is 164 Å². The summed E-state index contributed by atoms with van der Waals surface area (Å²) in [7, 11) is -3.84. The summed E-state index contributed by atoms with van der Waals surface area (Å²) in [5, 5.41) is 2.76. The van der Waals surface area contributed by atoms with Gasteiger partial charge < -0.3 is 11.1 Å². The normalized spacial score (nSPS) is 12.0. The van der Waals surface area contributed by atoms with Gasteiger partial charge in [0, 0.05) is 17.8 Å². The number of benzene rings is 2. The number of hydrogen-bond acceptors (Lipinski definition) is 4. The van der Waals surface area contributed by atoms with Crippen molar-refractivity contribution in [3.63, 3.8) is 0 Å². The Morgan fingerprint density at radius 2 is 1.81 bits per heavy atom. The molecule has 1 unspecified atom stereocenters. The van der Waals surface area contributed by atoms with Crippen LogP contribution in [0.5, 0.6) is 0 Å². The van der Waals surface area contributed by atoms with Crippen LogP contribution in [-0.4, -0.2) is 27.4 Å². The monoisotopic (exact) mass is 415 g/mol. The molecule has 0 aliphatic carbocycles. The van der Waals surface area contributed by atoms with E-state index in [9.17, 15) is 17.6 Å². The Morgan fingerprint density at radius 3 is 2.37 bits per heavy atom. The first-order chi connectivity index (χ1) is 12.2. The summed E-state index contributed by atoms with van der Waals surface area (Å²) in [4.78, 5) is 12.0. The van der Waals surface area contributed by atoms with Crippen LogP contribution in [0.2, 0.25) is 0 Å². The third kappa shape index (κ3) is 6.20. The van der Waals surface area contributed by atoms with Crippen LogP contribution in [0.25, 0.3) is 0 Å². The summed E-state index contributed by atoms with van der Waals surface area (Å²) in [5.41, 5.74) is 6.46. The van der Waals surface area contributed by atoms with Crippen molar-refractivity contribution in [2.24, 2.45) is 11.7 Å². The van der Waals surface area contributed by atoms with E-state index in [1.807, 2.05) is 6.92 Å². The van der Waals surface area contributed by atoms with Crippen molar-refractivity contribution < 1.29 is 17.6 Å². The van der Waals surface area contributed by atoms with Crippen LogP contribution < -0.4 is 15.8 Å². The fraction of sp³-hybridized carbons (Fsp3) is 0.278. The smallest absolute Gasteiger partial charge is 0.261 e. The lowest BCUT2D eigenvalue weighted by Crippen LogP contribution is -2.31. The fourth-order valence-electron chi connectivity index (χ4n) is 2.14. The van der Waals surface area contributed by atoms with Gasteiger partial charge in [-0.15, -0.1) is 12.4 Å². The van der Waals surface area contributed by atoms with Gasteiger partial charge in [-0.25, -0.2) is 12.8 Å². The second-order valence-electron chi connectivity index (χ2n) is 6.14. The third-order valence-corrected chi connectivity index (χ3v) is 5.23. The molecule has 0 aromatic heterocycles. The summed E-state index contributed by atoms with van der Waals surface area (Å²) >= 11 is 0. The number of anilines is 1. The molecule has 148 valence electrons. The minimum Gasteiger partial charge on any atom is -0.352 e. The second kappa shape index (κ2) is 9.68. The number of aryl methyl sites for hydroxylation is 1. The van der Waals surface area contributed by atoms with Crippen molar-refractivity contribution in [2.45, 2.75) is 18.7 Å². The average molecular weight is 416 g/mol. The van der Waals surface area contributed by atoms with Gasteiger partial charge in [0.2, 0.25) is 0 Å². The molecule has 0 heterocycles. The molecule has 1 amide bonds. The highest BCUT2D eigenvalue weighted by Gasteiger charge is 2.16. The van der Waals surface area contributed by atoms with Gasteiger partial charge in [-0.3, -0.25) is 9.52 Å². The highest BCUT2D eigenvalue weighted by atomic mass is 35.5. The molecule has 0 fully saturated rings. The molecule has 0 aliphatic rings. The van der Waals surface area contributed by atoms with E-state index < -0.39 is 15.8 Å². The summed E-state index contributed by atoms with van der Waals surface area (Å²) in [5.74, 6) is -0.554. The van der Waals surface area contributed by atoms with Gasteiger partial charge >= 0.3 is 0 Å². The molecule has 0 bridgehead atoms. The molecular weight excluding hydrogens is 393 g/mol. The van der Waals surface area contributed by atoms with Crippen LogP contribution in [0.1, 0.15) is 22.8 Å². The fourth-order valence-corrected chi connectivity index (χ4v) is 3.28. The van der Waals surface area contributed by atoms with Crippen molar-refractivity contribution in [1.29, 1.82) is 0 Å². The Bertz CT molecular complexity index is 889. The molecule has 6 nitrogen and oxygen atoms in total. The molecule has 0 spiro atoms. The molecule has 0 aliphatic heterocycles. The zero-order valence-electron chi connectivity index (χ0n) is 15.0. The van der Waals surface area contributed by atoms with Gasteiger partial charge in [0.25, 0.3) is 15.9 Å². The first-order valence-corrected chi connectivity index (χ1v) is 9.58. The molecular formula is C18H23ClFN3O3S. The molecule has 2 aromatic carbocycles. The van der Waals surface area contributed by atoms with Crippen LogP contribution in [0.3, 0.4) is 0 Å². The quantitative estimate of drug-likeness (QED) is 0.647. The maximum Gasteiger partial charge on any atom is 0.261 e. The number of amides is 1. The molecule has 27 heavy (non-hydrogen) atoms.